The molecule has 4 heteroatoms. The van der Waals surface area contributed by atoms with Crippen LogP contribution >= 0.6 is 0 Å². The lowest BCUT2D eigenvalue weighted by atomic mass is 10.0. The molecule has 1 aliphatic heterocycles. The number of aryl methyl sites for hydroxylation is 2. The maximum atomic E-state index is 11.3. The first-order chi connectivity index (χ1) is 9.20. The summed E-state index contributed by atoms with van der Waals surface area (Å²) < 4.78 is 5.51. The van der Waals surface area contributed by atoms with E-state index in [1.54, 1.807) is 0 Å². The average Bonchev–Trinajstić information content (AvgIpc) is 2.82. The fourth-order valence-corrected chi connectivity index (χ4v) is 2.26. The van der Waals surface area contributed by atoms with E-state index in [0.29, 0.717) is 13.0 Å². The van der Waals surface area contributed by atoms with E-state index in [9.17, 15) is 4.79 Å². The number of nitrogens with one attached hydrogen (secondary N) is 2. The second-order valence-corrected chi connectivity index (χ2v) is 4.79. The normalized spacial score (nSPS) is 13.8. The maximum absolute atomic E-state index is 11.3. The monoisotopic (exact) mass is 256 g/mol. The number of rotatable bonds is 3. The first-order valence-corrected chi connectivity index (χ1v) is 6.43. The molecule has 0 unspecified atom stereocenters. The topological polar surface area (TPSA) is 54.3 Å². The predicted molar refractivity (Wildman–Crippen MR) is 74.2 cm³/mol. The number of carbonyl (C=O) groups excluding carboxylic acids is 1. The fraction of sp³-hybridized carbons (Fsp3) is 0.267. The van der Waals surface area contributed by atoms with E-state index in [1.165, 1.54) is 5.56 Å². The Morgan fingerprint density at radius 3 is 2.95 bits per heavy atom. The van der Waals surface area contributed by atoms with Crippen molar-refractivity contribution >= 4 is 17.3 Å². The third-order valence-electron chi connectivity index (χ3n) is 3.26. The van der Waals surface area contributed by atoms with Gasteiger partial charge in [-0.15, -0.1) is 0 Å². The SMILES string of the molecule is Cc1ccc(CNc2ccc3c(c2)CCC(=O)N3)o1. The molecule has 0 bridgehead atoms. The summed E-state index contributed by atoms with van der Waals surface area (Å²) in [6.07, 6.45) is 1.37. The largest absolute Gasteiger partial charge is 0.465 e. The molecule has 0 saturated carbocycles. The van der Waals surface area contributed by atoms with Gasteiger partial charge in [-0.05, 0) is 49.2 Å². The molecule has 0 atom stereocenters. The van der Waals surface area contributed by atoms with Gasteiger partial charge in [0.05, 0.1) is 6.54 Å². The Morgan fingerprint density at radius 1 is 1.26 bits per heavy atom. The van der Waals surface area contributed by atoms with Crippen LogP contribution in [0.1, 0.15) is 23.5 Å². The molecule has 1 aliphatic rings. The molecule has 2 aromatic rings. The number of furan rings is 1. The minimum absolute atomic E-state index is 0.0965. The quantitative estimate of drug-likeness (QED) is 0.887. The summed E-state index contributed by atoms with van der Waals surface area (Å²) in [7, 11) is 0. The van der Waals surface area contributed by atoms with Crippen molar-refractivity contribution < 1.29 is 9.21 Å². The maximum Gasteiger partial charge on any atom is 0.224 e. The van der Waals surface area contributed by atoms with E-state index in [4.69, 9.17) is 4.42 Å². The summed E-state index contributed by atoms with van der Waals surface area (Å²) in [6.45, 7) is 2.60. The molecule has 98 valence electrons. The second-order valence-electron chi connectivity index (χ2n) is 4.79. The van der Waals surface area contributed by atoms with Crippen LogP contribution in [0.3, 0.4) is 0 Å². The molecule has 3 rings (SSSR count). The van der Waals surface area contributed by atoms with Gasteiger partial charge in [0, 0.05) is 17.8 Å². The lowest BCUT2D eigenvalue weighted by Gasteiger charge is -2.17. The van der Waals surface area contributed by atoms with Gasteiger partial charge < -0.3 is 15.1 Å². The Morgan fingerprint density at radius 2 is 2.16 bits per heavy atom. The highest BCUT2D eigenvalue weighted by molar-refractivity contribution is 5.94. The number of benzene rings is 1. The summed E-state index contributed by atoms with van der Waals surface area (Å²) >= 11 is 0. The van der Waals surface area contributed by atoms with Gasteiger partial charge in [0.15, 0.2) is 0 Å². The molecular weight excluding hydrogens is 240 g/mol. The molecule has 1 aromatic carbocycles. The van der Waals surface area contributed by atoms with Crippen molar-refractivity contribution in [2.24, 2.45) is 0 Å². The number of anilines is 2. The van der Waals surface area contributed by atoms with E-state index in [-0.39, 0.29) is 5.91 Å². The lowest BCUT2D eigenvalue weighted by molar-refractivity contribution is -0.116. The minimum Gasteiger partial charge on any atom is -0.465 e. The summed E-state index contributed by atoms with van der Waals surface area (Å²) in [4.78, 5) is 11.3. The van der Waals surface area contributed by atoms with Crippen molar-refractivity contribution in [3.63, 3.8) is 0 Å². The molecule has 4 nitrogen and oxygen atoms in total. The molecule has 0 radical (unpaired) electrons. The van der Waals surface area contributed by atoms with Crippen LogP contribution in [0.5, 0.6) is 0 Å². The van der Waals surface area contributed by atoms with Gasteiger partial charge in [0.2, 0.25) is 5.91 Å². The average molecular weight is 256 g/mol. The summed E-state index contributed by atoms with van der Waals surface area (Å²) in [5.74, 6) is 1.94. The van der Waals surface area contributed by atoms with Gasteiger partial charge in [-0.1, -0.05) is 0 Å². The van der Waals surface area contributed by atoms with Crippen molar-refractivity contribution in [3.05, 3.63) is 47.4 Å². The van der Waals surface area contributed by atoms with Gasteiger partial charge in [0.25, 0.3) is 0 Å². The van der Waals surface area contributed by atoms with Gasteiger partial charge in [-0.3, -0.25) is 4.79 Å². The highest BCUT2D eigenvalue weighted by atomic mass is 16.3. The Hall–Kier alpha value is -2.23. The van der Waals surface area contributed by atoms with Crippen LogP contribution in [0, 0.1) is 6.92 Å². The summed E-state index contributed by atoms with van der Waals surface area (Å²) in [6, 6.07) is 9.94. The lowest BCUT2D eigenvalue weighted by Crippen LogP contribution is -2.18. The van der Waals surface area contributed by atoms with Crippen LogP contribution in [-0.4, -0.2) is 5.91 Å². The Balaban J connectivity index is 1.70. The van der Waals surface area contributed by atoms with Crippen molar-refractivity contribution in [2.45, 2.75) is 26.3 Å². The van der Waals surface area contributed by atoms with Crippen LogP contribution in [0.4, 0.5) is 11.4 Å². The van der Waals surface area contributed by atoms with Crippen LogP contribution in [0.25, 0.3) is 0 Å². The number of carbonyl (C=O) groups is 1. The van der Waals surface area contributed by atoms with E-state index < -0.39 is 0 Å². The Bertz CT molecular complexity index is 616. The molecule has 0 aliphatic carbocycles. The van der Waals surface area contributed by atoms with Crippen molar-refractivity contribution in [2.75, 3.05) is 10.6 Å². The van der Waals surface area contributed by atoms with Crippen LogP contribution in [0.15, 0.2) is 34.7 Å². The highest BCUT2D eigenvalue weighted by Crippen LogP contribution is 2.25. The first kappa shape index (κ1) is 11.8. The van der Waals surface area contributed by atoms with Crippen LogP contribution < -0.4 is 10.6 Å². The van der Waals surface area contributed by atoms with E-state index >= 15 is 0 Å². The third kappa shape index (κ3) is 2.62. The summed E-state index contributed by atoms with van der Waals surface area (Å²) in [5, 5.41) is 6.21. The number of amides is 1. The molecular formula is C15H16N2O2. The molecule has 19 heavy (non-hydrogen) atoms. The van der Waals surface area contributed by atoms with Crippen LogP contribution in [-0.2, 0) is 17.8 Å². The third-order valence-corrected chi connectivity index (χ3v) is 3.26. The number of hydrogen-bond acceptors (Lipinski definition) is 3. The smallest absolute Gasteiger partial charge is 0.224 e. The number of fused-ring (bicyclic) bond motifs is 1. The first-order valence-electron chi connectivity index (χ1n) is 6.43. The second kappa shape index (κ2) is 4.80. The molecule has 2 heterocycles. The zero-order valence-electron chi connectivity index (χ0n) is 10.8. The molecule has 0 spiro atoms. The van der Waals surface area contributed by atoms with E-state index in [1.807, 2.05) is 31.2 Å². The minimum atomic E-state index is 0.0965. The zero-order valence-corrected chi connectivity index (χ0v) is 10.8. The molecule has 0 fully saturated rings. The van der Waals surface area contributed by atoms with Crippen molar-refractivity contribution in [1.29, 1.82) is 0 Å². The van der Waals surface area contributed by atoms with Gasteiger partial charge in [-0.25, -0.2) is 0 Å². The van der Waals surface area contributed by atoms with Gasteiger partial charge in [0.1, 0.15) is 11.5 Å². The molecule has 1 amide bonds. The van der Waals surface area contributed by atoms with Crippen LogP contribution in [0.2, 0.25) is 0 Å². The van der Waals surface area contributed by atoms with Crippen molar-refractivity contribution in [1.82, 2.24) is 0 Å². The molecule has 2 N–H and O–H groups in total. The molecule has 1 aromatic heterocycles. The predicted octanol–water partition coefficient (Wildman–Crippen LogP) is 3.08. The Labute approximate surface area is 111 Å². The van der Waals surface area contributed by atoms with E-state index in [0.717, 1.165) is 29.3 Å². The van der Waals surface area contributed by atoms with Crippen molar-refractivity contribution in [3.8, 4) is 0 Å². The zero-order chi connectivity index (χ0) is 13.2. The molecule has 0 saturated heterocycles. The number of hydrogen-bond donors (Lipinski definition) is 2. The Kier molecular flexibility index (Phi) is 2.99. The standard InChI is InChI=1S/C15H16N2O2/c1-10-2-5-13(19-10)9-16-12-4-6-14-11(8-12)3-7-15(18)17-14/h2,4-6,8,16H,3,7,9H2,1H3,(H,17,18). The fourth-order valence-electron chi connectivity index (χ4n) is 2.26. The highest BCUT2D eigenvalue weighted by Gasteiger charge is 2.14. The van der Waals surface area contributed by atoms with E-state index in [2.05, 4.69) is 16.7 Å². The summed E-state index contributed by atoms with van der Waals surface area (Å²) in [5.41, 5.74) is 3.15. The van der Waals surface area contributed by atoms with Gasteiger partial charge in [-0.2, -0.15) is 0 Å². The van der Waals surface area contributed by atoms with Gasteiger partial charge >= 0.3 is 0 Å².